The minimum Gasteiger partial charge on any atom is -0.298 e. The zero-order valence-corrected chi connectivity index (χ0v) is 6.85. The van der Waals surface area contributed by atoms with Crippen molar-refractivity contribution in [3.63, 3.8) is 0 Å². The van der Waals surface area contributed by atoms with Crippen molar-refractivity contribution in [2.24, 2.45) is 0 Å². The molecule has 0 aliphatic carbocycles. The molecule has 0 aliphatic heterocycles. The van der Waals surface area contributed by atoms with Crippen LogP contribution >= 0.6 is 0 Å². The zero-order chi connectivity index (χ0) is 10.1. The van der Waals surface area contributed by atoms with E-state index in [9.17, 15) is 18.0 Å². The second kappa shape index (κ2) is 3.20. The van der Waals surface area contributed by atoms with Crippen LogP contribution in [0.4, 0.5) is 13.2 Å². The summed E-state index contributed by atoms with van der Waals surface area (Å²) in [6.07, 6.45) is -3.82. The van der Waals surface area contributed by atoms with Gasteiger partial charge in [-0.05, 0) is 24.6 Å². The van der Waals surface area contributed by atoms with Gasteiger partial charge in [0.1, 0.15) is 6.29 Å². The Bertz CT molecular complexity index is 328. The molecule has 0 unspecified atom stereocenters. The number of hydrogen-bond donors (Lipinski definition) is 0. The SMILES string of the molecule is Cc1cc(C=O)ccc1C(F)(F)F. The van der Waals surface area contributed by atoms with Crippen LogP contribution in [0.15, 0.2) is 18.2 Å². The molecular weight excluding hydrogens is 181 g/mol. The Balaban J connectivity index is 3.20. The van der Waals surface area contributed by atoms with Gasteiger partial charge in [0, 0.05) is 5.56 Å². The number of carbonyl (C=O) groups excluding carboxylic acids is 1. The van der Waals surface area contributed by atoms with Gasteiger partial charge in [-0.25, -0.2) is 0 Å². The Hall–Kier alpha value is -1.32. The molecule has 0 fully saturated rings. The zero-order valence-electron chi connectivity index (χ0n) is 6.85. The van der Waals surface area contributed by atoms with Crippen molar-refractivity contribution in [2.45, 2.75) is 13.1 Å². The molecule has 1 aromatic carbocycles. The minimum atomic E-state index is -4.34. The molecule has 0 spiro atoms. The van der Waals surface area contributed by atoms with Crippen LogP contribution in [0.2, 0.25) is 0 Å². The largest absolute Gasteiger partial charge is 0.416 e. The molecule has 0 saturated heterocycles. The topological polar surface area (TPSA) is 17.1 Å². The maximum Gasteiger partial charge on any atom is 0.416 e. The molecule has 0 aliphatic rings. The van der Waals surface area contributed by atoms with Crippen LogP contribution in [-0.4, -0.2) is 6.29 Å². The van der Waals surface area contributed by atoms with Crippen molar-refractivity contribution >= 4 is 6.29 Å². The lowest BCUT2D eigenvalue weighted by molar-refractivity contribution is -0.138. The van der Waals surface area contributed by atoms with Crippen LogP contribution in [0, 0.1) is 6.92 Å². The quantitative estimate of drug-likeness (QED) is 0.619. The van der Waals surface area contributed by atoms with E-state index in [1.165, 1.54) is 13.0 Å². The molecule has 0 radical (unpaired) electrons. The van der Waals surface area contributed by atoms with Crippen LogP contribution in [-0.2, 0) is 6.18 Å². The van der Waals surface area contributed by atoms with Crippen molar-refractivity contribution in [3.8, 4) is 0 Å². The van der Waals surface area contributed by atoms with E-state index in [1.807, 2.05) is 0 Å². The summed E-state index contributed by atoms with van der Waals surface area (Å²) in [5.74, 6) is 0. The summed E-state index contributed by atoms with van der Waals surface area (Å²) in [7, 11) is 0. The first-order valence-electron chi connectivity index (χ1n) is 3.58. The van der Waals surface area contributed by atoms with E-state index in [-0.39, 0.29) is 11.1 Å². The standard InChI is InChI=1S/C9H7F3O/c1-6-4-7(5-13)2-3-8(6)9(10,11)12/h2-5H,1H3. The van der Waals surface area contributed by atoms with Crippen LogP contribution in [0.3, 0.4) is 0 Å². The molecule has 0 saturated carbocycles. The normalized spacial score (nSPS) is 11.4. The molecule has 1 nitrogen and oxygen atoms in total. The third-order valence-electron chi connectivity index (χ3n) is 1.69. The Morgan fingerprint density at radius 1 is 1.31 bits per heavy atom. The van der Waals surface area contributed by atoms with E-state index in [0.717, 1.165) is 12.1 Å². The van der Waals surface area contributed by atoms with Crippen molar-refractivity contribution < 1.29 is 18.0 Å². The summed E-state index contributed by atoms with van der Waals surface area (Å²) in [6, 6.07) is 3.29. The summed E-state index contributed by atoms with van der Waals surface area (Å²) < 4.78 is 36.6. The number of aryl methyl sites for hydroxylation is 1. The second-order valence-corrected chi connectivity index (χ2v) is 2.69. The smallest absolute Gasteiger partial charge is 0.298 e. The van der Waals surface area contributed by atoms with Gasteiger partial charge in [0.15, 0.2) is 0 Å². The van der Waals surface area contributed by atoms with Crippen molar-refractivity contribution in [2.75, 3.05) is 0 Å². The monoisotopic (exact) mass is 188 g/mol. The molecule has 0 bridgehead atoms. The molecule has 0 aromatic heterocycles. The summed E-state index contributed by atoms with van der Waals surface area (Å²) >= 11 is 0. The minimum absolute atomic E-state index is 0.0668. The third kappa shape index (κ3) is 2.08. The van der Waals surface area contributed by atoms with E-state index in [0.29, 0.717) is 6.29 Å². The van der Waals surface area contributed by atoms with Gasteiger partial charge in [-0.2, -0.15) is 13.2 Å². The average Bonchev–Trinajstić information content (AvgIpc) is 2.01. The Labute approximate surface area is 73.2 Å². The predicted octanol–water partition coefficient (Wildman–Crippen LogP) is 2.83. The molecule has 0 heterocycles. The van der Waals surface area contributed by atoms with Crippen LogP contribution < -0.4 is 0 Å². The fourth-order valence-corrected chi connectivity index (χ4v) is 1.08. The lowest BCUT2D eigenvalue weighted by Gasteiger charge is -2.09. The number of benzene rings is 1. The van der Waals surface area contributed by atoms with E-state index < -0.39 is 11.7 Å². The molecule has 1 aromatic rings. The number of hydrogen-bond acceptors (Lipinski definition) is 1. The summed E-state index contributed by atoms with van der Waals surface area (Å²) in [5.41, 5.74) is -0.374. The van der Waals surface area contributed by atoms with Gasteiger partial charge in [-0.3, -0.25) is 4.79 Å². The third-order valence-corrected chi connectivity index (χ3v) is 1.69. The number of rotatable bonds is 1. The van der Waals surface area contributed by atoms with Gasteiger partial charge < -0.3 is 0 Å². The van der Waals surface area contributed by atoms with Gasteiger partial charge in [0.2, 0.25) is 0 Å². The first-order chi connectivity index (χ1) is 5.95. The first kappa shape index (κ1) is 9.77. The van der Waals surface area contributed by atoms with Gasteiger partial charge >= 0.3 is 6.18 Å². The molecule has 0 N–H and O–H groups in total. The Morgan fingerprint density at radius 2 is 1.92 bits per heavy atom. The highest BCUT2D eigenvalue weighted by atomic mass is 19.4. The summed E-state index contributed by atoms with van der Waals surface area (Å²) in [5, 5.41) is 0. The highest BCUT2D eigenvalue weighted by molar-refractivity contribution is 5.75. The van der Waals surface area contributed by atoms with Gasteiger partial charge in [-0.1, -0.05) is 6.07 Å². The van der Waals surface area contributed by atoms with E-state index in [1.54, 1.807) is 0 Å². The van der Waals surface area contributed by atoms with E-state index in [4.69, 9.17) is 0 Å². The number of carbonyl (C=O) groups is 1. The fourth-order valence-electron chi connectivity index (χ4n) is 1.08. The predicted molar refractivity (Wildman–Crippen MR) is 41.6 cm³/mol. The van der Waals surface area contributed by atoms with Crippen molar-refractivity contribution in [3.05, 3.63) is 34.9 Å². The van der Waals surface area contributed by atoms with Crippen LogP contribution in [0.25, 0.3) is 0 Å². The maximum atomic E-state index is 12.2. The average molecular weight is 188 g/mol. The van der Waals surface area contributed by atoms with Gasteiger partial charge in [0.05, 0.1) is 5.56 Å². The molecule has 4 heteroatoms. The van der Waals surface area contributed by atoms with Gasteiger partial charge in [0.25, 0.3) is 0 Å². The summed E-state index contributed by atoms with van der Waals surface area (Å²) in [4.78, 5) is 10.2. The van der Waals surface area contributed by atoms with Crippen LogP contribution in [0.5, 0.6) is 0 Å². The number of alkyl halides is 3. The molecule has 1 rings (SSSR count). The summed E-state index contributed by atoms with van der Waals surface area (Å²) in [6.45, 7) is 1.33. The second-order valence-electron chi connectivity index (χ2n) is 2.69. The van der Waals surface area contributed by atoms with Crippen LogP contribution in [0.1, 0.15) is 21.5 Å². The molecule has 0 amide bonds. The number of aldehydes is 1. The van der Waals surface area contributed by atoms with E-state index in [2.05, 4.69) is 0 Å². The highest BCUT2D eigenvalue weighted by Gasteiger charge is 2.31. The molecule has 13 heavy (non-hydrogen) atoms. The lowest BCUT2D eigenvalue weighted by atomic mass is 10.1. The Kier molecular flexibility index (Phi) is 2.40. The first-order valence-corrected chi connectivity index (χ1v) is 3.58. The van der Waals surface area contributed by atoms with Crippen molar-refractivity contribution in [1.82, 2.24) is 0 Å². The molecule has 0 atom stereocenters. The Morgan fingerprint density at radius 3 is 2.31 bits per heavy atom. The van der Waals surface area contributed by atoms with Gasteiger partial charge in [-0.15, -0.1) is 0 Å². The highest BCUT2D eigenvalue weighted by Crippen LogP contribution is 2.31. The molecule has 70 valence electrons. The number of halogens is 3. The maximum absolute atomic E-state index is 12.2. The van der Waals surface area contributed by atoms with Crippen molar-refractivity contribution in [1.29, 1.82) is 0 Å². The van der Waals surface area contributed by atoms with E-state index >= 15 is 0 Å². The fraction of sp³-hybridized carbons (Fsp3) is 0.222. The lowest BCUT2D eigenvalue weighted by Crippen LogP contribution is -2.07. The molecular formula is C9H7F3O.